The van der Waals surface area contributed by atoms with Crippen LogP contribution in [0.4, 0.5) is 5.69 Å². The third-order valence-corrected chi connectivity index (χ3v) is 3.75. The number of hydrogen-bond donors (Lipinski definition) is 1. The SMILES string of the molecule is CC(Nc1ccc2nccnc2c1)c1ccc(Br)cc1. The molecular formula is C16H14BrN3. The second kappa shape index (κ2) is 5.59. The zero-order chi connectivity index (χ0) is 13.9. The van der Waals surface area contributed by atoms with Crippen LogP contribution in [0.1, 0.15) is 18.5 Å². The summed E-state index contributed by atoms with van der Waals surface area (Å²) in [6.45, 7) is 2.14. The molecule has 3 rings (SSSR count). The Bertz CT molecular complexity index is 725. The van der Waals surface area contributed by atoms with Crippen LogP contribution in [0, 0.1) is 0 Å². The van der Waals surface area contributed by atoms with Crippen LogP contribution in [0.25, 0.3) is 11.0 Å². The second-order valence-electron chi connectivity index (χ2n) is 4.68. The first-order valence-electron chi connectivity index (χ1n) is 6.45. The minimum Gasteiger partial charge on any atom is -0.378 e. The molecule has 3 aromatic rings. The molecule has 100 valence electrons. The van der Waals surface area contributed by atoms with Gasteiger partial charge in [0.05, 0.1) is 11.0 Å². The molecule has 0 bridgehead atoms. The Balaban J connectivity index is 1.83. The van der Waals surface area contributed by atoms with Crippen molar-refractivity contribution in [3.63, 3.8) is 0 Å². The first kappa shape index (κ1) is 13.1. The molecule has 0 aliphatic heterocycles. The van der Waals surface area contributed by atoms with E-state index in [4.69, 9.17) is 0 Å². The molecule has 1 atom stereocenters. The predicted molar refractivity (Wildman–Crippen MR) is 85.7 cm³/mol. The van der Waals surface area contributed by atoms with E-state index in [1.807, 2.05) is 18.2 Å². The zero-order valence-corrected chi connectivity index (χ0v) is 12.6. The van der Waals surface area contributed by atoms with Gasteiger partial charge in [-0.1, -0.05) is 28.1 Å². The van der Waals surface area contributed by atoms with Gasteiger partial charge in [-0.3, -0.25) is 9.97 Å². The van der Waals surface area contributed by atoms with Crippen molar-refractivity contribution in [1.82, 2.24) is 9.97 Å². The quantitative estimate of drug-likeness (QED) is 0.765. The maximum atomic E-state index is 4.32. The molecule has 0 aliphatic rings. The summed E-state index contributed by atoms with van der Waals surface area (Å²) in [4.78, 5) is 8.60. The summed E-state index contributed by atoms with van der Waals surface area (Å²) in [5, 5.41) is 3.49. The van der Waals surface area contributed by atoms with Crippen LogP contribution >= 0.6 is 15.9 Å². The Hall–Kier alpha value is -1.94. The number of benzene rings is 2. The molecule has 0 aliphatic carbocycles. The molecule has 0 saturated heterocycles. The van der Waals surface area contributed by atoms with Gasteiger partial charge in [0.1, 0.15) is 0 Å². The van der Waals surface area contributed by atoms with Gasteiger partial charge in [0.2, 0.25) is 0 Å². The number of nitrogens with one attached hydrogen (secondary N) is 1. The van der Waals surface area contributed by atoms with Crippen molar-refractivity contribution in [3.8, 4) is 0 Å². The smallest absolute Gasteiger partial charge is 0.0907 e. The van der Waals surface area contributed by atoms with Gasteiger partial charge in [-0.25, -0.2) is 0 Å². The third kappa shape index (κ3) is 2.80. The molecule has 20 heavy (non-hydrogen) atoms. The molecule has 2 aromatic carbocycles. The number of hydrogen-bond acceptors (Lipinski definition) is 3. The van der Waals surface area contributed by atoms with Crippen molar-refractivity contribution < 1.29 is 0 Å². The van der Waals surface area contributed by atoms with Crippen LogP contribution in [-0.2, 0) is 0 Å². The molecule has 0 spiro atoms. The van der Waals surface area contributed by atoms with E-state index in [-0.39, 0.29) is 6.04 Å². The van der Waals surface area contributed by atoms with Crippen molar-refractivity contribution in [2.24, 2.45) is 0 Å². The van der Waals surface area contributed by atoms with Crippen LogP contribution in [-0.4, -0.2) is 9.97 Å². The molecule has 1 heterocycles. The molecule has 0 radical (unpaired) electrons. The maximum Gasteiger partial charge on any atom is 0.0907 e. The van der Waals surface area contributed by atoms with Gasteiger partial charge in [-0.15, -0.1) is 0 Å². The molecule has 3 nitrogen and oxygen atoms in total. The largest absolute Gasteiger partial charge is 0.378 e. The fourth-order valence-electron chi connectivity index (χ4n) is 2.14. The molecule has 1 N–H and O–H groups in total. The minimum absolute atomic E-state index is 0.234. The van der Waals surface area contributed by atoms with Crippen LogP contribution in [0.3, 0.4) is 0 Å². The normalized spacial score (nSPS) is 12.3. The van der Waals surface area contributed by atoms with Gasteiger partial charge in [0.25, 0.3) is 0 Å². The van der Waals surface area contributed by atoms with Gasteiger partial charge in [0, 0.05) is 28.6 Å². The van der Waals surface area contributed by atoms with E-state index in [1.165, 1.54) is 5.56 Å². The van der Waals surface area contributed by atoms with E-state index in [2.05, 4.69) is 62.4 Å². The monoisotopic (exact) mass is 327 g/mol. The Morgan fingerprint density at radius 3 is 2.40 bits per heavy atom. The van der Waals surface area contributed by atoms with Gasteiger partial charge in [-0.05, 0) is 42.8 Å². The highest BCUT2D eigenvalue weighted by molar-refractivity contribution is 9.10. The highest BCUT2D eigenvalue weighted by Crippen LogP contribution is 2.22. The Morgan fingerprint density at radius 1 is 0.950 bits per heavy atom. The fraction of sp³-hybridized carbons (Fsp3) is 0.125. The second-order valence-corrected chi connectivity index (χ2v) is 5.59. The summed E-state index contributed by atoms with van der Waals surface area (Å²) in [6, 6.07) is 14.6. The number of nitrogens with zero attached hydrogens (tertiary/aromatic N) is 2. The first-order valence-corrected chi connectivity index (χ1v) is 7.24. The number of rotatable bonds is 3. The van der Waals surface area contributed by atoms with Gasteiger partial charge in [-0.2, -0.15) is 0 Å². The van der Waals surface area contributed by atoms with E-state index in [0.717, 1.165) is 21.2 Å². The highest BCUT2D eigenvalue weighted by Gasteiger charge is 2.06. The maximum absolute atomic E-state index is 4.32. The summed E-state index contributed by atoms with van der Waals surface area (Å²) in [6.07, 6.45) is 3.42. The average Bonchev–Trinajstić information content (AvgIpc) is 2.48. The van der Waals surface area contributed by atoms with E-state index < -0.39 is 0 Å². The highest BCUT2D eigenvalue weighted by atomic mass is 79.9. The summed E-state index contributed by atoms with van der Waals surface area (Å²) in [5.74, 6) is 0. The van der Waals surface area contributed by atoms with Crippen molar-refractivity contribution >= 4 is 32.7 Å². The lowest BCUT2D eigenvalue weighted by Gasteiger charge is -2.16. The summed E-state index contributed by atoms with van der Waals surface area (Å²) in [5.41, 5.74) is 4.11. The lowest BCUT2D eigenvalue weighted by Crippen LogP contribution is -2.06. The lowest BCUT2D eigenvalue weighted by molar-refractivity contribution is 0.885. The Morgan fingerprint density at radius 2 is 1.65 bits per heavy atom. The van der Waals surface area contributed by atoms with E-state index in [0.29, 0.717) is 0 Å². The Kier molecular flexibility index (Phi) is 3.65. The average molecular weight is 328 g/mol. The van der Waals surface area contributed by atoms with E-state index in [9.17, 15) is 0 Å². The first-order chi connectivity index (χ1) is 9.72. The molecule has 0 saturated carbocycles. The molecule has 0 amide bonds. The van der Waals surface area contributed by atoms with Crippen LogP contribution in [0.2, 0.25) is 0 Å². The van der Waals surface area contributed by atoms with E-state index >= 15 is 0 Å². The number of anilines is 1. The number of aromatic nitrogens is 2. The van der Waals surface area contributed by atoms with Crippen molar-refractivity contribution in [2.45, 2.75) is 13.0 Å². The Labute approximate surface area is 126 Å². The van der Waals surface area contributed by atoms with Crippen LogP contribution < -0.4 is 5.32 Å². The summed E-state index contributed by atoms with van der Waals surface area (Å²) < 4.78 is 1.09. The van der Waals surface area contributed by atoms with Gasteiger partial charge in [0.15, 0.2) is 0 Å². The fourth-order valence-corrected chi connectivity index (χ4v) is 2.40. The standard InChI is InChI=1S/C16H14BrN3/c1-11(12-2-4-13(17)5-3-12)20-14-6-7-15-16(10-14)19-9-8-18-15/h2-11,20H,1H3. The van der Waals surface area contributed by atoms with Crippen molar-refractivity contribution in [3.05, 3.63) is 64.9 Å². The van der Waals surface area contributed by atoms with Crippen molar-refractivity contribution in [1.29, 1.82) is 0 Å². The minimum atomic E-state index is 0.234. The molecule has 1 aromatic heterocycles. The number of halogens is 1. The molecule has 0 fully saturated rings. The van der Waals surface area contributed by atoms with Gasteiger partial charge >= 0.3 is 0 Å². The molecule has 4 heteroatoms. The van der Waals surface area contributed by atoms with Gasteiger partial charge < -0.3 is 5.32 Å². The zero-order valence-electron chi connectivity index (χ0n) is 11.0. The molecular weight excluding hydrogens is 314 g/mol. The topological polar surface area (TPSA) is 37.8 Å². The number of fused-ring (bicyclic) bond motifs is 1. The lowest BCUT2D eigenvalue weighted by atomic mass is 10.1. The predicted octanol–water partition coefficient (Wildman–Crippen LogP) is 4.57. The third-order valence-electron chi connectivity index (χ3n) is 3.22. The molecule has 1 unspecified atom stereocenters. The van der Waals surface area contributed by atoms with Crippen LogP contribution in [0.5, 0.6) is 0 Å². The van der Waals surface area contributed by atoms with Crippen molar-refractivity contribution in [2.75, 3.05) is 5.32 Å². The summed E-state index contributed by atoms with van der Waals surface area (Å²) in [7, 11) is 0. The van der Waals surface area contributed by atoms with Crippen LogP contribution in [0.15, 0.2) is 59.3 Å². The van der Waals surface area contributed by atoms with E-state index in [1.54, 1.807) is 12.4 Å². The summed E-state index contributed by atoms with van der Waals surface area (Å²) >= 11 is 3.45.